The number of hydrogen-bond donors (Lipinski definition) is 0. The highest BCUT2D eigenvalue weighted by Crippen LogP contribution is 2.15. The first-order chi connectivity index (χ1) is 29.0. The molecule has 0 aliphatic rings. The molecule has 0 aromatic rings. The number of esters is 3. The molecule has 0 fully saturated rings. The van der Waals surface area contributed by atoms with Crippen LogP contribution < -0.4 is 0 Å². The van der Waals surface area contributed by atoms with E-state index >= 15 is 0 Å². The second kappa shape index (κ2) is 48.0. The zero-order valence-corrected chi connectivity index (χ0v) is 39.0. The molecule has 0 amide bonds. The predicted octanol–water partition coefficient (Wildman–Crippen LogP) is 16.3. The van der Waals surface area contributed by atoms with Crippen LogP contribution >= 0.6 is 0 Å². The van der Waals surface area contributed by atoms with Crippen LogP contribution in [0.1, 0.15) is 252 Å². The van der Waals surface area contributed by atoms with Crippen molar-refractivity contribution in [2.45, 2.75) is 258 Å². The van der Waals surface area contributed by atoms with Gasteiger partial charge in [0.05, 0.1) is 0 Å². The molecular formula is C53H94O6. The topological polar surface area (TPSA) is 78.9 Å². The summed E-state index contributed by atoms with van der Waals surface area (Å²) in [6.07, 6.45) is 56.8. The van der Waals surface area contributed by atoms with Crippen molar-refractivity contribution in [2.75, 3.05) is 13.2 Å². The van der Waals surface area contributed by atoms with Crippen molar-refractivity contribution in [1.82, 2.24) is 0 Å². The van der Waals surface area contributed by atoms with Gasteiger partial charge >= 0.3 is 17.9 Å². The van der Waals surface area contributed by atoms with E-state index in [0.29, 0.717) is 25.7 Å². The highest BCUT2D eigenvalue weighted by atomic mass is 16.6. The number of carbonyl (C=O) groups is 3. The number of rotatable bonds is 45. The van der Waals surface area contributed by atoms with Crippen molar-refractivity contribution in [2.24, 2.45) is 0 Å². The van der Waals surface area contributed by atoms with Crippen LogP contribution in [0.15, 0.2) is 48.6 Å². The summed E-state index contributed by atoms with van der Waals surface area (Å²) in [6.45, 7) is 6.54. The second-order valence-electron chi connectivity index (χ2n) is 16.7. The maximum atomic E-state index is 12.8. The summed E-state index contributed by atoms with van der Waals surface area (Å²) < 4.78 is 16.7. The van der Waals surface area contributed by atoms with Crippen molar-refractivity contribution >= 4 is 17.9 Å². The van der Waals surface area contributed by atoms with Crippen molar-refractivity contribution in [3.63, 3.8) is 0 Å². The average Bonchev–Trinajstić information content (AvgIpc) is 3.23. The van der Waals surface area contributed by atoms with Crippen LogP contribution in [-0.4, -0.2) is 37.2 Å². The fourth-order valence-electron chi connectivity index (χ4n) is 6.99. The Morgan fingerprint density at radius 3 is 1.03 bits per heavy atom. The molecular weight excluding hydrogens is 733 g/mol. The Bertz CT molecular complexity index is 1040. The Hall–Kier alpha value is -2.63. The second-order valence-corrected chi connectivity index (χ2v) is 16.7. The van der Waals surface area contributed by atoms with Gasteiger partial charge in [0.15, 0.2) is 6.10 Å². The molecule has 0 aliphatic carbocycles. The lowest BCUT2D eigenvalue weighted by Gasteiger charge is -2.18. The summed E-state index contributed by atoms with van der Waals surface area (Å²) in [4.78, 5) is 37.8. The van der Waals surface area contributed by atoms with Gasteiger partial charge in [0.1, 0.15) is 13.2 Å². The molecule has 0 rings (SSSR count). The first-order valence-corrected chi connectivity index (χ1v) is 25.1. The Morgan fingerprint density at radius 2 is 0.627 bits per heavy atom. The van der Waals surface area contributed by atoms with E-state index < -0.39 is 6.10 Å². The van der Waals surface area contributed by atoms with Gasteiger partial charge in [-0.1, -0.05) is 211 Å². The minimum Gasteiger partial charge on any atom is -0.462 e. The van der Waals surface area contributed by atoms with E-state index in [1.165, 1.54) is 148 Å². The van der Waals surface area contributed by atoms with E-state index in [2.05, 4.69) is 69.4 Å². The molecule has 0 bridgehead atoms. The zero-order valence-electron chi connectivity index (χ0n) is 39.0. The van der Waals surface area contributed by atoms with Gasteiger partial charge in [-0.3, -0.25) is 14.4 Å². The zero-order chi connectivity index (χ0) is 43.0. The molecule has 1 unspecified atom stereocenters. The molecule has 0 aliphatic heterocycles. The number of unbranched alkanes of at least 4 members (excludes halogenated alkanes) is 26. The Morgan fingerprint density at radius 1 is 0.339 bits per heavy atom. The average molecular weight is 827 g/mol. The number of ether oxygens (including phenoxy) is 3. The molecule has 1 atom stereocenters. The van der Waals surface area contributed by atoms with Crippen LogP contribution in [0.2, 0.25) is 0 Å². The van der Waals surface area contributed by atoms with Gasteiger partial charge in [-0.15, -0.1) is 0 Å². The molecule has 6 nitrogen and oxygen atoms in total. The summed E-state index contributed by atoms with van der Waals surface area (Å²) in [6, 6.07) is 0. The largest absolute Gasteiger partial charge is 0.462 e. The molecule has 0 spiro atoms. The summed E-state index contributed by atoms with van der Waals surface area (Å²) in [5, 5.41) is 0. The summed E-state index contributed by atoms with van der Waals surface area (Å²) >= 11 is 0. The lowest BCUT2D eigenvalue weighted by atomic mass is 10.0. The number of carbonyl (C=O) groups excluding carboxylic acids is 3. The van der Waals surface area contributed by atoms with Gasteiger partial charge in [0, 0.05) is 19.3 Å². The van der Waals surface area contributed by atoms with Crippen molar-refractivity contribution in [3.8, 4) is 0 Å². The van der Waals surface area contributed by atoms with Crippen molar-refractivity contribution < 1.29 is 28.6 Å². The highest BCUT2D eigenvalue weighted by molar-refractivity contribution is 5.71. The Balaban J connectivity index is 4.41. The SMILES string of the molecule is CCCCCC/C=C\CCCC(=O)OCC(COC(=O)CCC/C=C\C/C=C\C/C=C\CCCCCCCC)OC(=O)CCCCCCCCCCCCCCCCC. The quantitative estimate of drug-likeness (QED) is 0.0263. The van der Waals surface area contributed by atoms with Crippen LogP contribution in [0.25, 0.3) is 0 Å². The lowest BCUT2D eigenvalue weighted by molar-refractivity contribution is -0.167. The van der Waals surface area contributed by atoms with E-state index in [9.17, 15) is 14.4 Å². The first kappa shape index (κ1) is 56.4. The minimum atomic E-state index is -0.799. The van der Waals surface area contributed by atoms with Gasteiger partial charge in [0.25, 0.3) is 0 Å². The van der Waals surface area contributed by atoms with Crippen LogP contribution in [0.4, 0.5) is 0 Å². The number of hydrogen-bond acceptors (Lipinski definition) is 6. The summed E-state index contributed by atoms with van der Waals surface area (Å²) in [5.41, 5.74) is 0. The fraction of sp³-hybridized carbons (Fsp3) is 0.792. The summed E-state index contributed by atoms with van der Waals surface area (Å²) in [5.74, 6) is -0.982. The van der Waals surface area contributed by atoms with Crippen LogP contribution in [0.5, 0.6) is 0 Å². The van der Waals surface area contributed by atoms with Gasteiger partial charge in [-0.2, -0.15) is 0 Å². The first-order valence-electron chi connectivity index (χ1n) is 25.1. The molecule has 0 N–H and O–H groups in total. The van der Waals surface area contributed by atoms with Gasteiger partial charge in [0.2, 0.25) is 0 Å². The normalized spacial score (nSPS) is 12.4. The third-order valence-electron chi connectivity index (χ3n) is 10.8. The highest BCUT2D eigenvalue weighted by Gasteiger charge is 2.19. The van der Waals surface area contributed by atoms with E-state index in [1.54, 1.807) is 0 Å². The van der Waals surface area contributed by atoms with Crippen LogP contribution in [-0.2, 0) is 28.6 Å². The van der Waals surface area contributed by atoms with Crippen LogP contribution in [0.3, 0.4) is 0 Å². The molecule has 0 aromatic carbocycles. The third kappa shape index (κ3) is 46.3. The van der Waals surface area contributed by atoms with Crippen LogP contribution in [0, 0.1) is 0 Å². The maximum absolute atomic E-state index is 12.8. The van der Waals surface area contributed by atoms with Crippen molar-refractivity contribution in [1.29, 1.82) is 0 Å². The summed E-state index contributed by atoms with van der Waals surface area (Å²) in [7, 11) is 0. The standard InChI is InChI=1S/C53H94O6/c1-4-7-10-13-16-19-21-23-25-26-28-29-31-34-37-40-43-46-52(55)58-49-50(48-57-51(54)45-42-39-36-33-18-15-12-9-6-3)59-53(56)47-44-41-38-35-32-30-27-24-22-20-17-14-11-8-5-2/h23,25,28-29,33-34,36-37,50H,4-22,24,26-27,30-32,35,38-49H2,1-3H3/b25-23-,29-28-,36-33-,37-34-. The molecule has 0 saturated heterocycles. The monoisotopic (exact) mass is 827 g/mol. The molecule has 342 valence electrons. The Labute approximate surface area is 365 Å². The predicted molar refractivity (Wildman–Crippen MR) is 252 cm³/mol. The van der Waals surface area contributed by atoms with Crippen molar-refractivity contribution in [3.05, 3.63) is 48.6 Å². The maximum Gasteiger partial charge on any atom is 0.306 e. The lowest BCUT2D eigenvalue weighted by Crippen LogP contribution is -2.30. The third-order valence-corrected chi connectivity index (χ3v) is 10.8. The van der Waals surface area contributed by atoms with E-state index in [1.807, 2.05) is 0 Å². The molecule has 0 heterocycles. The van der Waals surface area contributed by atoms with E-state index in [0.717, 1.165) is 51.4 Å². The van der Waals surface area contributed by atoms with Gasteiger partial charge in [-0.05, 0) is 70.6 Å². The molecule has 0 radical (unpaired) electrons. The molecule has 6 heteroatoms. The minimum absolute atomic E-state index is 0.102. The number of allylic oxidation sites excluding steroid dienone is 8. The Kier molecular flexibility index (Phi) is 45.9. The molecule has 0 saturated carbocycles. The molecule has 59 heavy (non-hydrogen) atoms. The smallest absolute Gasteiger partial charge is 0.306 e. The van der Waals surface area contributed by atoms with Gasteiger partial charge in [-0.25, -0.2) is 0 Å². The van der Waals surface area contributed by atoms with E-state index in [-0.39, 0.29) is 37.5 Å². The van der Waals surface area contributed by atoms with E-state index in [4.69, 9.17) is 14.2 Å². The van der Waals surface area contributed by atoms with Gasteiger partial charge < -0.3 is 14.2 Å². The molecule has 0 aromatic heterocycles. The fourth-order valence-corrected chi connectivity index (χ4v) is 6.99.